The first-order valence-corrected chi connectivity index (χ1v) is 6.52. The molecule has 104 valence electrons. The first kappa shape index (κ1) is 15.6. The molecule has 6 heteroatoms. The molecular weight excluding hydrogens is 317 g/mol. The van der Waals surface area contributed by atoms with Crippen molar-refractivity contribution in [1.29, 1.82) is 0 Å². The lowest BCUT2D eigenvalue weighted by Crippen LogP contribution is -2.28. The zero-order valence-corrected chi connectivity index (χ0v) is 12.4. The molecule has 1 aromatic rings. The van der Waals surface area contributed by atoms with Crippen LogP contribution < -0.4 is 0 Å². The number of benzene rings is 1. The summed E-state index contributed by atoms with van der Waals surface area (Å²) in [4.78, 5) is 24.3. The predicted octanol–water partition coefficient (Wildman–Crippen LogP) is 2.61. The summed E-state index contributed by atoms with van der Waals surface area (Å²) in [5.74, 6) is -1.30. The minimum atomic E-state index is -0.570. The zero-order chi connectivity index (χ0) is 14.4. The quantitative estimate of drug-likeness (QED) is 0.779. The van der Waals surface area contributed by atoms with Crippen molar-refractivity contribution in [3.63, 3.8) is 0 Å². The molecule has 1 aromatic carbocycles. The summed E-state index contributed by atoms with van der Waals surface area (Å²) < 4.78 is 18.7. The summed E-state index contributed by atoms with van der Waals surface area (Å²) in [5.41, 5.74) is 0.0174. The summed E-state index contributed by atoms with van der Waals surface area (Å²) in [7, 11) is 2.88. The van der Waals surface area contributed by atoms with Crippen LogP contribution in [0.4, 0.5) is 4.39 Å². The summed E-state index contributed by atoms with van der Waals surface area (Å²) >= 11 is 3.13. The van der Waals surface area contributed by atoms with Crippen LogP contribution in [0.15, 0.2) is 22.7 Å². The van der Waals surface area contributed by atoms with Crippen molar-refractivity contribution in [2.24, 2.45) is 0 Å². The third kappa shape index (κ3) is 4.63. The van der Waals surface area contributed by atoms with Crippen molar-refractivity contribution in [2.45, 2.75) is 12.8 Å². The smallest absolute Gasteiger partial charge is 0.305 e. The maximum atomic E-state index is 13.6. The largest absolute Gasteiger partial charge is 0.469 e. The van der Waals surface area contributed by atoms with Crippen molar-refractivity contribution < 1.29 is 18.7 Å². The molecule has 0 fully saturated rings. The molecular formula is C13H15BrFNO3. The van der Waals surface area contributed by atoms with Crippen molar-refractivity contribution in [3.8, 4) is 0 Å². The second-order valence-electron chi connectivity index (χ2n) is 4.03. The number of nitrogens with zero attached hydrogens (tertiary/aromatic N) is 1. The fourth-order valence-corrected chi connectivity index (χ4v) is 1.87. The van der Waals surface area contributed by atoms with Crippen LogP contribution >= 0.6 is 15.9 Å². The highest BCUT2D eigenvalue weighted by Crippen LogP contribution is 2.16. The minimum absolute atomic E-state index is 0.0174. The standard InChI is InChI=1S/C13H15BrFNO3/c1-16(7-3-4-12(17)19-2)13(18)10-6-5-9(14)8-11(10)15/h5-6,8H,3-4,7H2,1-2H3. The molecule has 0 N–H and O–H groups in total. The second kappa shape index (κ2) is 7.23. The summed E-state index contributed by atoms with van der Waals surface area (Å²) in [6, 6.07) is 4.28. The van der Waals surface area contributed by atoms with Gasteiger partial charge in [-0.3, -0.25) is 9.59 Å². The Labute approximate surface area is 119 Å². The van der Waals surface area contributed by atoms with Gasteiger partial charge in [-0.25, -0.2) is 4.39 Å². The Bertz CT molecular complexity index is 479. The highest BCUT2D eigenvalue weighted by Gasteiger charge is 2.16. The van der Waals surface area contributed by atoms with E-state index in [-0.39, 0.29) is 18.0 Å². The van der Waals surface area contributed by atoms with Crippen molar-refractivity contribution in [3.05, 3.63) is 34.1 Å². The van der Waals surface area contributed by atoms with E-state index in [2.05, 4.69) is 20.7 Å². The molecule has 0 radical (unpaired) electrons. The van der Waals surface area contributed by atoms with E-state index >= 15 is 0 Å². The first-order chi connectivity index (χ1) is 8.95. The minimum Gasteiger partial charge on any atom is -0.469 e. The summed E-state index contributed by atoms with van der Waals surface area (Å²) in [6.07, 6.45) is 0.712. The molecule has 1 rings (SSSR count). The Hall–Kier alpha value is -1.43. The molecule has 0 unspecified atom stereocenters. The molecule has 0 heterocycles. The number of carbonyl (C=O) groups excluding carboxylic acids is 2. The van der Waals surface area contributed by atoms with Crippen LogP contribution in [0, 0.1) is 5.82 Å². The normalized spacial score (nSPS) is 10.1. The monoisotopic (exact) mass is 331 g/mol. The molecule has 1 amide bonds. The molecule has 0 atom stereocenters. The number of hydrogen-bond donors (Lipinski definition) is 0. The van der Waals surface area contributed by atoms with Crippen LogP contribution in [0.1, 0.15) is 23.2 Å². The van der Waals surface area contributed by atoms with Gasteiger partial charge in [0.2, 0.25) is 0 Å². The van der Waals surface area contributed by atoms with Crippen LogP contribution in [0.5, 0.6) is 0 Å². The van der Waals surface area contributed by atoms with E-state index in [0.717, 1.165) is 0 Å². The molecule has 0 bridgehead atoms. The third-order valence-electron chi connectivity index (χ3n) is 2.61. The van der Waals surface area contributed by atoms with E-state index in [4.69, 9.17) is 0 Å². The van der Waals surface area contributed by atoms with Gasteiger partial charge in [0.05, 0.1) is 12.7 Å². The van der Waals surface area contributed by atoms with Gasteiger partial charge in [0, 0.05) is 24.5 Å². The third-order valence-corrected chi connectivity index (χ3v) is 3.10. The lowest BCUT2D eigenvalue weighted by molar-refractivity contribution is -0.140. The molecule has 0 aliphatic rings. The number of carbonyl (C=O) groups is 2. The number of methoxy groups -OCH3 is 1. The van der Waals surface area contributed by atoms with Crippen molar-refractivity contribution >= 4 is 27.8 Å². The number of halogens is 2. The van der Waals surface area contributed by atoms with Gasteiger partial charge in [-0.05, 0) is 24.6 Å². The fourth-order valence-electron chi connectivity index (χ4n) is 1.53. The summed E-state index contributed by atoms with van der Waals surface area (Å²) in [5, 5.41) is 0. The van der Waals surface area contributed by atoms with E-state index in [1.807, 2.05) is 0 Å². The number of amides is 1. The van der Waals surface area contributed by atoms with Crippen LogP contribution in [0.2, 0.25) is 0 Å². The van der Waals surface area contributed by atoms with E-state index in [1.165, 1.54) is 24.1 Å². The SMILES string of the molecule is COC(=O)CCCN(C)C(=O)c1ccc(Br)cc1F. The van der Waals surface area contributed by atoms with Crippen molar-refractivity contribution in [1.82, 2.24) is 4.90 Å². The first-order valence-electron chi connectivity index (χ1n) is 5.73. The highest BCUT2D eigenvalue weighted by atomic mass is 79.9. The molecule has 0 saturated heterocycles. The number of rotatable bonds is 5. The van der Waals surface area contributed by atoms with Gasteiger partial charge in [0.25, 0.3) is 5.91 Å². The summed E-state index contributed by atoms with van der Waals surface area (Å²) in [6.45, 7) is 0.365. The van der Waals surface area contributed by atoms with E-state index in [1.54, 1.807) is 13.1 Å². The van der Waals surface area contributed by atoms with E-state index in [0.29, 0.717) is 17.4 Å². The lowest BCUT2D eigenvalue weighted by atomic mass is 10.2. The van der Waals surface area contributed by atoms with E-state index < -0.39 is 11.7 Å². The second-order valence-corrected chi connectivity index (χ2v) is 4.95. The van der Waals surface area contributed by atoms with Crippen LogP contribution in [0.25, 0.3) is 0 Å². The highest BCUT2D eigenvalue weighted by molar-refractivity contribution is 9.10. The molecule has 4 nitrogen and oxygen atoms in total. The van der Waals surface area contributed by atoms with Gasteiger partial charge in [-0.2, -0.15) is 0 Å². The number of hydrogen-bond acceptors (Lipinski definition) is 3. The predicted molar refractivity (Wildman–Crippen MR) is 72.3 cm³/mol. The Morgan fingerprint density at radius 2 is 2.11 bits per heavy atom. The fraction of sp³-hybridized carbons (Fsp3) is 0.385. The molecule has 0 saturated carbocycles. The number of ether oxygens (including phenoxy) is 1. The zero-order valence-electron chi connectivity index (χ0n) is 10.8. The van der Waals surface area contributed by atoms with Crippen LogP contribution in [-0.4, -0.2) is 37.5 Å². The Morgan fingerprint density at radius 3 is 2.68 bits per heavy atom. The Balaban J connectivity index is 2.59. The lowest BCUT2D eigenvalue weighted by Gasteiger charge is -2.17. The number of esters is 1. The molecule has 0 aliphatic carbocycles. The average molecular weight is 332 g/mol. The topological polar surface area (TPSA) is 46.6 Å². The molecule has 0 aromatic heterocycles. The molecule has 19 heavy (non-hydrogen) atoms. The van der Waals surface area contributed by atoms with E-state index in [9.17, 15) is 14.0 Å². The maximum Gasteiger partial charge on any atom is 0.305 e. The maximum absolute atomic E-state index is 13.6. The molecule has 0 aliphatic heterocycles. The Morgan fingerprint density at radius 1 is 1.42 bits per heavy atom. The van der Waals surface area contributed by atoms with Crippen LogP contribution in [0.3, 0.4) is 0 Å². The van der Waals surface area contributed by atoms with Crippen LogP contribution in [-0.2, 0) is 9.53 Å². The Kier molecular flexibility index (Phi) is 5.95. The van der Waals surface area contributed by atoms with Crippen molar-refractivity contribution in [2.75, 3.05) is 20.7 Å². The van der Waals surface area contributed by atoms with Gasteiger partial charge in [-0.15, -0.1) is 0 Å². The van der Waals surface area contributed by atoms with Gasteiger partial charge in [-0.1, -0.05) is 15.9 Å². The van der Waals surface area contributed by atoms with Gasteiger partial charge < -0.3 is 9.64 Å². The van der Waals surface area contributed by atoms with Gasteiger partial charge in [0.1, 0.15) is 5.82 Å². The van der Waals surface area contributed by atoms with Gasteiger partial charge in [0.15, 0.2) is 0 Å². The van der Waals surface area contributed by atoms with Gasteiger partial charge >= 0.3 is 5.97 Å². The average Bonchev–Trinajstić information content (AvgIpc) is 2.37. The molecule has 0 spiro atoms.